The highest BCUT2D eigenvalue weighted by atomic mass is 16.5. The molecule has 0 bridgehead atoms. The second kappa shape index (κ2) is 4.93. The van der Waals surface area contributed by atoms with Crippen LogP contribution < -0.4 is 10.1 Å². The van der Waals surface area contributed by atoms with E-state index in [0.29, 0.717) is 6.42 Å². The highest BCUT2D eigenvalue weighted by Gasteiger charge is 2.38. The predicted octanol–water partition coefficient (Wildman–Crippen LogP) is 2.02. The summed E-state index contributed by atoms with van der Waals surface area (Å²) < 4.78 is 5.51. The lowest BCUT2D eigenvalue weighted by Gasteiger charge is -2.33. The highest BCUT2D eigenvalue weighted by Crippen LogP contribution is 2.38. The Bertz CT molecular complexity index is 565. The summed E-state index contributed by atoms with van der Waals surface area (Å²) in [6.07, 6.45) is 1.29. The van der Waals surface area contributed by atoms with Crippen LogP contribution in [-0.2, 0) is 16.0 Å². The molecule has 2 heterocycles. The van der Waals surface area contributed by atoms with E-state index in [4.69, 9.17) is 4.74 Å². The second-order valence-electron chi connectivity index (χ2n) is 5.96. The van der Waals surface area contributed by atoms with E-state index in [9.17, 15) is 9.59 Å². The van der Waals surface area contributed by atoms with E-state index in [1.165, 1.54) is 5.56 Å². The minimum atomic E-state index is -0.173. The van der Waals surface area contributed by atoms with Crippen molar-refractivity contribution in [2.24, 2.45) is 11.8 Å². The molecule has 0 saturated carbocycles. The van der Waals surface area contributed by atoms with Gasteiger partial charge in [0.2, 0.25) is 11.8 Å². The molecule has 1 N–H and O–H groups in total. The van der Waals surface area contributed by atoms with Gasteiger partial charge in [-0.25, -0.2) is 0 Å². The molecule has 3 rings (SSSR count). The molecule has 0 aromatic heterocycles. The van der Waals surface area contributed by atoms with Crippen molar-refractivity contribution in [2.45, 2.75) is 32.6 Å². The third-order valence-corrected chi connectivity index (χ3v) is 4.26. The Hall–Kier alpha value is -1.84. The topological polar surface area (TPSA) is 55.4 Å². The highest BCUT2D eigenvalue weighted by molar-refractivity contribution is 6.00. The van der Waals surface area contributed by atoms with Gasteiger partial charge >= 0.3 is 0 Å². The van der Waals surface area contributed by atoms with Crippen molar-refractivity contribution in [3.63, 3.8) is 0 Å². The molecule has 4 heteroatoms. The molecule has 1 saturated heterocycles. The van der Waals surface area contributed by atoms with Gasteiger partial charge in [0, 0.05) is 24.7 Å². The lowest BCUT2D eigenvalue weighted by Crippen LogP contribution is -2.46. The maximum absolute atomic E-state index is 12.1. The van der Waals surface area contributed by atoms with Crippen LogP contribution in [0.3, 0.4) is 0 Å². The molecule has 0 spiro atoms. The number of carbonyl (C=O) groups excluding carboxylic acids is 2. The Labute approximate surface area is 118 Å². The number of piperidine rings is 1. The molecule has 1 aromatic carbocycles. The van der Waals surface area contributed by atoms with Gasteiger partial charge in [0.05, 0.1) is 6.61 Å². The molecule has 0 radical (unpaired) electrons. The van der Waals surface area contributed by atoms with Crippen LogP contribution in [0, 0.1) is 11.8 Å². The van der Waals surface area contributed by atoms with Crippen LogP contribution >= 0.6 is 0 Å². The number of fused-ring (bicyclic) bond motifs is 1. The maximum Gasteiger partial charge on any atom is 0.230 e. The zero-order valence-electron chi connectivity index (χ0n) is 11.8. The van der Waals surface area contributed by atoms with Crippen LogP contribution in [-0.4, -0.2) is 18.4 Å². The van der Waals surface area contributed by atoms with E-state index < -0.39 is 0 Å². The van der Waals surface area contributed by atoms with Crippen molar-refractivity contribution in [1.82, 2.24) is 5.32 Å². The summed E-state index contributed by atoms with van der Waals surface area (Å²) in [5.74, 6) is 0.654. The van der Waals surface area contributed by atoms with Crippen LogP contribution in [0.15, 0.2) is 18.2 Å². The Morgan fingerprint density at radius 1 is 1.30 bits per heavy atom. The SMILES string of the molecule is CC(C)C1C(=O)NC(=O)CC1c1ccc2c(c1)CCO2. The van der Waals surface area contributed by atoms with E-state index in [1.807, 2.05) is 26.0 Å². The number of hydrogen-bond acceptors (Lipinski definition) is 3. The van der Waals surface area contributed by atoms with E-state index >= 15 is 0 Å². The van der Waals surface area contributed by atoms with Crippen molar-refractivity contribution in [3.8, 4) is 5.75 Å². The Morgan fingerprint density at radius 2 is 2.10 bits per heavy atom. The van der Waals surface area contributed by atoms with E-state index in [2.05, 4.69) is 11.4 Å². The van der Waals surface area contributed by atoms with Crippen LogP contribution in [0.2, 0.25) is 0 Å². The van der Waals surface area contributed by atoms with E-state index in [0.717, 1.165) is 24.3 Å². The predicted molar refractivity (Wildman–Crippen MR) is 74.5 cm³/mol. The molecule has 2 atom stereocenters. The fourth-order valence-corrected chi connectivity index (χ4v) is 3.31. The first-order valence-corrected chi connectivity index (χ1v) is 7.15. The monoisotopic (exact) mass is 273 g/mol. The average molecular weight is 273 g/mol. The average Bonchev–Trinajstić information content (AvgIpc) is 2.84. The fourth-order valence-electron chi connectivity index (χ4n) is 3.31. The molecule has 106 valence electrons. The summed E-state index contributed by atoms with van der Waals surface area (Å²) in [4.78, 5) is 23.8. The van der Waals surface area contributed by atoms with Crippen molar-refractivity contribution in [2.75, 3.05) is 6.61 Å². The summed E-state index contributed by atoms with van der Waals surface area (Å²) in [6.45, 7) is 4.78. The third kappa shape index (κ3) is 2.19. The summed E-state index contributed by atoms with van der Waals surface area (Å²) in [7, 11) is 0. The van der Waals surface area contributed by atoms with Gasteiger partial charge in [-0.3, -0.25) is 14.9 Å². The van der Waals surface area contributed by atoms with Gasteiger partial charge in [-0.05, 0) is 23.1 Å². The molecule has 20 heavy (non-hydrogen) atoms. The number of carbonyl (C=O) groups is 2. The van der Waals surface area contributed by atoms with Crippen molar-refractivity contribution >= 4 is 11.8 Å². The van der Waals surface area contributed by atoms with Gasteiger partial charge in [0.15, 0.2) is 0 Å². The van der Waals surface area contributed by atoms with Crippen molar-refractivity contribution in [1.29, 1.82) is 0 Å². The second-order valence-corrected chi connectivity index (χ2v) is 5.96. The first kappa shape index (κ1) is 13.2. The Balaban J connectivity index is 1.97. The molecule has 4 nitrogen and oxygen atoms in total. The number of nitrogens with one attached hydrogen (secondary N) is 1. The van der Waals surface area contributed by atoms with Crippen LogP contribution in [0.4, 0.5) is 0 Å². The number of imide groups is 1. The number of benzene rings is 1. The van der Waals surface area contributed by atoms with Crippen LogP contribution in [0.25, 0.3) is 0 Å². The molecular weight excluding hydrogens is 254 g/mol. The summed E-state index contributed by atoms with van der Waals surface area (Å²) >= 11 is 0. The van der Waals surface area contributed by atoms with Crippen LogP contribution in [0.5, 0.6) is 5.75 Å². The smallest absolute Gasteiger partial charge is 0.230 e. The van der Waals surface area contributed by atoms with E-state index in [1.54, 1.807) is 0 Å². The number of hydrogen-bond donors (Lipinski definition) is 1. The third-order valence-electron chi connectivity index (χ3n) is 4.26. The summed E-state index contributed by atoms with van der Waals surface area (Å²) in [5.41, 5.74) is 2.26. The molecular formula is C16H19NO3. The maximum atomic E-state index is 12.1. The molecule has 1 fully saturated rings. The Morgan fingerprint density at radius 3 is 2.85 bits per heavy atom. The lowest BCUT2D eigenvalue weighted by molar-refractivity contribution is -0.138. The summed E-state index contributed by atoms with van der Waals surface area (Å²) in [5, 5.41) is 2.46. The zero-order chi connectivity index (χ0) is 14.3. The van der Waals surface area contributed by atoms with Crippen molar-refractivity contribution in [3.05, 3.63) is 29.3 Å². The minimum absolute atomic E-state index is 0.0258. The minimum Gasteiger partial charge on any atom is -0.493 e. The van der Waals surface area contributed by atoms with Crippen molar-refractivity contribution < 1.29 is 14.3 Å². The summed E-state index contributed by atoms with van der Waals surface area (Å²) in [6, 6.07) is 6.07. The first-order valence-electron chi connectivity index (χ1n) is 7.15. The van der Waals surface area contributed by atoms with Gasteiger partial charge in [-0.15, -0.1) is 0 Å². The number of amides is 2. The standard InChI is InChI=1S/C16H19NO3/c1-9(2)15-12(8-14(18)17-16(15)19)10-3-4-13-11(7-10)5-6-20-13/h3-4,7,9,12,15H,5-6,8H2,1-2H3,(H,17,18,19). The normalized spacial score (nSPS) is 25.4. The molecule has 2 aliphatic rings. The largest absolute Gasteiger partial charge is 0.493 e. The molecule has 1 aromatic rings. The van der Waals surface area contributed by atoms with Gasteiger partial charge in [0.25, 0.3) is 0 Å². The molecule has 2 amide bonds. The van der Waals surface area contributed by atoms with Gasteiger partial charge in [-0.2, -0.15) is 0 Å². The molecule has 0 aliphatic carbocycles. The first-order chi connectivity index (χ1) is 9.56. The fraction of sp³-hybridized carbons (Fsp3) is 0.500. The number of rotatable bonds is 2. The van der Waals surface area contributed by atoms with Crippen LogP contribution in [0.1, 0.15) is 37.3 Å². The zero-order valence-corrected chi connectivity index (χ0v) is 11.8. The van der Waals surface area contributed by atoms with E-state index in [-0.39, 0.29) is 29.6 Å². The van der Waals surface area contributed by atoms with Gasteiger partial charge in [0.1, 0.15) is 5.75 Å². The lowest BCUT2D eigenvalue weighted by atomic mass is 9.74. The van der Waals surface area contributed by atoms with Gasteiger partial charge in [-0.1, -0.05) is 26.0 Å². The quantitative estimate of drug-likeness (QED) is 0.839. The molecule has 2 unspecified atom stereocenters. The Kier molecular flexibility index (Phi) is 3.24. The molecule has 2 aliphatic heterocycles. The van der Waals surface area contributed by atoms with Gasteiger partial charge < -0.3 is 4.74 Å². The number of ether oxygens (including phenoxy) is 1.